The van der Waals surface area contributed by atoms with Gasteiger partial charge in [-0.3, -0.25) is 4.79 Å². The van der Waals surface area contributed by atoms with E-state index in [4.69, 9.17) is 0 Å². The smallest absolute Gasteiger partial charge is 0.253 e. The molecule has 1 aromatic carbocycles. The highest BCUT2D eigenvalue weighted by Gasteiger charge is 2.22. The Morgan fingerprint density at radius 2 is 2.00 bits per heavy atom. The van der Waals surface area contributed by atoms with E-state index in [1.807, 2.05) is 38.1 Å². The van der Waals surface area contributed by atoms with Gasteiger partial charge in [0.25, 0.3) is 5.91 Å². The maximum atomic E-state index is 12.4. The molecule has 1 rings (SSSR count). The molecule has 0 saturated heterocycles. The first kappa shape index (κ1) is 18.5. The second-order valence-electron chi connectivity index (χ2n) is 6.73. The quantitative estimate of drug-likeness (QED) is 0.613. The molecule has 0 aliphatic heterocycles. The van der Waals surface area contributed by atoms with Crippen molar-refractivity contribution < 1.29 is 9.90 Å². The number of nitrogens with one attached hydrogen (secondary N) is 2. The molecule has 22 heavy (non-hydrogen) atoms. The van der Waals surface area contributed by atoms with Crippen molar-refractivity contribution in [3.05, 3.63) is 29.8 Å². The number of aliphatic hydroxyl groups excluding tert-OH is 1. The van der Waals surface area contributed by atoms with Gasteiger partial charge >= 0.3 is 0 Å². The second kappa shape index (κ2) is 8.79. The zero-order chi connectivity index (χ0) is 16.6. The van der Waals surface area contributed by atoms with Crippen LogP contribution in [0.25, 0.3) is 0 Å². The molecule has 0 aliphatic rings. The van der Waals surface area contributed by atoms with Gasteiger partial charge in [-0.05, 0) is 37.3 Å². The Hall–Kier alpha value is -1.55. The third kappa shape index (κ3) is 6.48. The van der Waals surface area contributed by atoms with Gasteiger partial charge in [-0.15, -0.1) is 0 Å². The third-order valence-electron chi connectivity index (χ3n) is 3.59. The van der Waals surface area contributed by atoms with Crippen molar-refractivity contribution in [1.29, 1.82) is 0 Å². The summed E-state index contributed by atoms with van der Waals surface area (Å²) in [6.45, 7) is 9.42. The lowest BCUT2D eigenvalue weighted by molar-refractivity contribution is 0.0902. The van der Waals surface area contributed by atoms with Gasteiger partial charge in [-0.25, -0.2) is 0 Å². The van der Waals surface area contributed by atoms with Gasteiger partial charge in [0, 0.05) is 18.8 Å². The summed E-state index contributed by atoms with van der Waals surface area (Å²) < 4.78 is 0. The number of hydrogen-bond acceptors (Lipinski definition) is 3. The topological polar surface area (TPSA) is 61.4 Å². The van der Waals surface area contributed by atoms with E-state index in [-0.39, 0.29) is 17.4 Å². The molecule has 1 unspecified atom stereocenters. The van der Waals surface area contributed by atoms with Crippen molar-refractivity contribution in [2.24, 2.45) is 5.41 Å². The summed E-state index contributed by atoms with van der Waals surface area (Å²) in [7, 11) is 0. The van der Waals surface area contributed by atoms with Crippen molar-refractivity contribution in [3.8, 4) is 0 Å². The summed E-state index contributed by atoms with van der Waals surface area (Å²) in [5.41, 5.74) is 1.42. The van der Waals surface area contributed by atoms with Gasteiger partial charge in [0.15, 0.2) is 0 Å². The fraction of sp³-hybridized carbons (Fsp3) is 0.611. The molecule has 1 aromatic rings. The van der Waals surface area contributed by atoms with Gasteiger partial charge in [0.2, 0.25) is 0 Å². The van der Waals surface area contributed by atoms with E-state index in [0.717, 1.165) is 25.1 Å². The lowest BCUT2D eigenvalue weighted by Crippen LogP contribution is -2.36. The van der Waals surface area contributed by atoms with Crippen molar-refractivity contribution in [3.63, 3.8) is 0 Å². The van der Waals surface area contributed by atoms with Crippen LogP contribution in [0.4, 0.5) is 5.69 Å². The number of aliphatic hydroxyl groups is 1. The Bertz CT molecular complexity index is 470. The van der Waals surface area contributed by atoms with Crippen molar-refractivity contribution in [2.45, 2.75) is 53.1 Å². The van der Waals surface area contributed by atoms with E-state index in [9.17, 15) is 9.90 Å². The predicted molar refractivity (Wildman–Crippen MR) is 92.3 cm³/mol. The van der Waals surface area contributed by atoms with E-state index in [0.29, 0.717) is 18.5 Å². The van der Waals surface area contributed by atoms with Crippen LogP contribution >= 0.6 is 0 Å². The number of amides is 1. The maximum Gasteiger partial charge on any atom is 0.253 e. The third-order valence-corrected chi connectivity index (χ3v) is 3.59. The highest BCUT2D eigenvalue weighted by atomic mass is 16.3. The normalized spacial score (nSPS) is 12.8. The first-order valence-corrected chi connectivity index (χ1v) is 8.15. The largest absolute Gasteiger partial charge is 0.393 e. The molecule has 124 valence electrons. The molecular formula is C18H30N2O2. The first-order chi connectivity index (χ1) is 10.4. The molecule has 0 radical (unpaired) electrons. The van der Waals surface area contributed by atoms with E-state index in [1.165, 1.54) is 0 Å². The van der Waals surface area contributed by atoms with Crippen LogP contribution in [0.3, 0.4) is 0 Å². The minimum absolute atomic E-state index is 0.0710. The Morgan fingerprint density at radius 1 is 1.32 bits per heavy atom. The van der Waals surface area contributed by atoms with E-state index >= 15 is 0 Å². The van der Waals surface area contributed by atoms with Crippen LogP contribution in [-0.2, 0) is 0 Å². The number of benzene rings is 1. The number of hydrogen-bond donors (Lipinski definition) is 3. The average Bonchev–Trinajstić information content (AvgIpc) is 2.44. The van der Waals surface area contributed by atoms with Gasteiger partial charge in [-0.2, -0.15) is 0 Å². The van der Waals surface area contributed by atoms with Crippen LogP contribution in [0.15, 0.2) is 24.3 Å². The summed E-state index contributed by atoms with van der Waals surface area (Å²) in [6, 6.07) is 7.58. The van der Waals surface area contributed by atoms with Crippen molar-refractivity contribution in [2.75, 3.05) is 18.4 Å². The monoisotopic (exact) mass is 306 g/mol. The Kier molecular flexibility index (Phi) is 7.39. The summed E-state index contributed by atoms with van der Waals surface area (Å²) >= 11 is 0. The lowest BCUT2D eigenvalue weighted by Gasteiger charge is -2.26. The number of carbonyl (C=O) groups excluding carboxylic acids is 1. The fourth-order valence-corrected chi connectivity index (χ4v) is 2.52. The fourth-order valence-electron chi connectivity index (χ4n) is 2.52. The molecule has 0 bridgehead atoms. The molecule has 0 saturated carbocycles. The zero-order valence-electron chi connectivity index (χ0n) is 14.3. The van der Waals surface area contributed by atoms with Crippen molar-refractivity contribution >= 4 is 11.6 Å². The lowest BCUT2D eigenvalue weighted by atomic mass is 9.87. The first-order valence-electron chi connectivity index (χ1n) is 8.15. The molecule has 3 N–H and O–H groups in total. The van der Waals surface area contributed by atoms with E-state index in [1.54, 1.807) is 6.92 Å². The summed E-state index contributed by atoms with van der Waals surface area (Å²) in [4.78, 5) is 12.4. The molecule has 4 nitrogen and oxygen atoms in total. The Balaban J connectivity index is 2.65. The molecule has 0 aromatic heterocycles. The van der Waals surface area contributed by atoms with Crippen LogP contribution in [0.1, 0.15) is 57.3 Å². The Labute approximate surface area is 134 Å². The van der Waals surface area contributed by atoms with Gasteiger partial charge in [0.1, 0.15) is 0 Å². The van der Waals surface area contributed by atoms with Gasteiger partial charge in [0.05, 0.1) is 11.7 Å². The predicted octanol–water partition coefficient (Wildman–Crippen LogP) is 3.43. The summed E-state index contributed by atoms with van der Waals surface area (Å²) in [5.74, 6) is -0.0710. The minimum Gasteiger partial charge on any atom is -0.393 e. The van der Waals surface area contributed by atoms with Crippen LogP contribution in [0, 0.1) is 5.41 Å². The SMILES string of the molecule is CCCCNc1ccccc1C(=O)NCC(C)(C)CC(C)O. The molecular weight excluding hydrogens is 276 g/mol. The number of para-hydroxylation sites is 1. The molecule has 4 heteroatoms. The molecule has 0 spiro atoms. The summed E-state index contributed by atoms with van der Waals surface area (Å²) in [6.07, 6.45) is 2.49. The van der Waals surface area contributed by atoms with Gasteiger partial charge in [-0.1, -0.05) is 39.3 Å². The van der Waals surface area contributed by atoms with Gasteiger partial charge < -0.3 is 15.7 Å². The molecule has 0 aliphatic carbocycles. The highest BCUT2D eigenvalue weighted by Crippen LogP contribution is 2.22. The van der Waals surface area contributed by atoms with Crippen LogP contribution in [0.2, 0.25) is 0 Å². The average molecular weight is 306 g/mol. The molecule has 0 heterocycles. The number of unbranched alkanes of at least 4 members (excludes halogenated alkanes) is 1. The standard InChI is InChI=1S/C18H30N2O2/c1-5-6-11-19-16-10-8-7-9-15(16)17(22)20-13-18(3,4)12-14(2)21/h7-10,14,19,21H,5-6,11-13H2,1-4H3,(H,20,22). The van der Waals surface area contributed by atoms with Crippen molar-refractivity contribution in [1.82, 2.24) is 5.32 Å². The summed E-state index contributed by atoms with van der Waals surface area (Å²) in [5, 5.41) is 15.8. The maximum absolute atomic E-state index is 12.4. The zero-order valence-corrected chi connectivity index (χ0v) is 14.3. The molecule has 1 amide bonds. The van der Waals surface area contributed by atoms with Crippen LogP contribution < -0.4 is 10.6 Å². The highest BCUT2D eigenvalue weighted by molar-refractivity contribution is 5.99. The molecule has 1 atom stereocenters. The van der Waals surface area contributed by atoms with E-state index in [2.05, 4.69) is 17.6 Å². The van der Waals surface area contributed by atoms with Crippen LogP contribution in [-0.4, -0.2) is 30.2 Å². The number of rotatable bonds is 9. The Morgan fingerprint density at radius 3 is 2.64 bits per heavy atom. The minimum atomic E-state index is -0.366. The van der Waals surface area contributed by atoms with E-state index < -0.39 is 0 Å². The van der Waals surface area contributed by atoms with Crippen LogP contribution in [0.5, 0.6) is 0 Å². The molecule has 0 fully saturated rings. The number of carbonyl (C=O) groups is 1. The number of anilines is 1. The second-order valence-corrected chi connectivity index (χ2v) is 6.73.